The van der Waals surface area contributed by atoms with Crippen LogP contribution in [0.15, 0.2) is 23.0 Å². The normalized spacial score (nSPS) is 19.7. The van der Waals surface area contributed by atoms with E-state index in [1.165, 1.54) is 37.7 Å². The van der Waals surface area contributed by atoms with Crippen LogP contribution in [0.3, 0.4) is 0 Å². The maximum Gasteiger partial charge on any atom is 0.0947 e. The van der Waals surface area contributed by atoms with Gasteiger partial charge in [0.05, 0.1) is 12.5 Å². The van der Waals surface area contributed by atoms with Gasteiger partial charge in [0.1, 0.15) is 0 Å². The predicted molar refractivity (Wildman–Crippen MR) is 69.6 cm³/mol. The number of hydrogen-bond acceptors (Lipinski definition) is 3. The van der Waals surface area contributed by atoms with Crippen molar-refractivity contribution in [3.05, 3.63) is 24.2 Å². The minimum atomic E-state index is 0.519. The fourth-order valence-corrected chi connectivity index (χ4v) is 3.04. The summed E-state index contributed by atoms with van der Waals surface area (Å²) in [6, 6.07) is 2.55. The van der Waals surface area contributed by atoms with E-state index < -0.39 is 0 Å². The second-order valence-corrected chi connectivity index (χ2v) is 5.25. The Balaban J connectivity index is 1.92. The summed E-state index contributed by atoms with van der Waals surface area (Å²) < 4.78 is 5.12. The van der Waals surface area contributed by atoms with Crippen LogP contribution in [0.2, 0.25) is 0 Å². The fourth-order valence-electron chi connectivity index (χ4n) is 3.04. The van der Waals surface area contributed by atoms with Crippen LogP contribution in [0.4, 0.5) is 0 Å². The summed E-state index contributed by atoms with van der Waals surface area (Å²) in [4.78, 5) is 2.39. The lowest BCUT2D eigenvalue weighted by molar-refractivity contribution is 0.142. The third-order valence-corrected chi connectivity index (χ3v) is 4.01. The first-order valence-corrected chi connectivity index (χ1v) is 6.72. The van der Waals surface area contributed by atoms with E-state index in [4.69, 9.17) is 10.2 Å². The van der Waals surface area contributed by atoms with Crippen LogP contribution in [0, 0.1) is 5.92 Å². The van der Waals surface area contributed by atoms with Crippen LogP contribution in [-0.2, 0) is 6.54 Å². The predicted octanol–water partition coefficient (Wildman–Crippen LogP) is 2.62. The Labute approximate surface area is 104 Å². The van der Waals surface area contributed by atoms with Gasteiger partial charge in [-0.2, -0.15) is 0 Å². The van der Waals surface area contributed by atoms with Crippen molar-refractivity contribution in [2.75, 3.05) is 13.6 Å². The molecule has 17 heavy (non-hydrogen) atoms. The molecule has 96 valence electrons. The Kier molecular flexibility index (Phi) is 4.63. The molecular formula is C14H24N2O. The molecule has 2 rings (SSSR count). The van der Waals surface area contributed by atoms with Gasteiger partial charge in [0.15, 0.2) is 0 Å². The van der Waals surface area contributed by atoms with E-state index in [1.807, 2.05) is 12.3 Å². The Morgan fingerprint density at radius 1 is 1.41 bits per heavy atom. The fraction of sp³-hybridized carbons (Fsp3) is 0.714. The summed E-state index contributed by atoms with van der Waals surface area (Å²) in [5.41, 5.74) is 7.21. The first kappa shape index (κ1) is 12.7. The number of likely N-dealkylation sites (N-methyl/N-ethyl adjacent to an activating group) is 1. The standard InChI is InChI=1S/C14H24N2O/c1-16(10-12-7-8-17-11-12)14(9-15)13-5-3-2-4-6-13/h7-8,11,13-14H,2-6,9-10,15H2,1H3. The first-order valence-electron chi connectivity index (χ1n) is 6.72. The molecule has 1 fully saturated rings. The van der Waals surface area contributed by atoms with Crippen molar-refractivity contribution in [2.45, 2.75) is 44.7 Å². The molecule has 1 aromatic heterocycles. The lowest BCUT2D eigenvalue weighted by atomic mass is 9.83. The SMILES string of the molecule is CN(Cc1ccoc1)C(CN)C1CCCCC1. The maximum atomic E-state index is 5.97. The van der Waals surface area contributed by atoms with Gasteiger partial charge in [-0.1, -0.05) is 19.3 Å². The van der Waals surface area contributed by atoms with Crippen molar-refractivity contribution in [3.63, 3.8) is 0 Å². The van der Waals surface area contributed by atoms with E-state index in [0.29, 0.717) is 6.04 Å². The molecule has 0 radical (unpaired) electrons. The molecule has 0 aromatic carbocycles. The molecule has 3 nitrogen and oxygen atoms in total. The lowest BCUT2D eigenvalue weighted by Gasteiger charge is -2.35. The van der Waals surface area contributed by atoms with Crippen molar-refractivity contribution < 1.29 is 4.42 Å². The average Bonchev–Trinajstić information content (AvgIpc) is 2.84. The second kappa shape index (κ2) is 6.22. The molecule has 1 unspecified atom stereocenters. The smallest absolute Gasteiger partial charge is 0.0947 e. The zero-order valence-corrected chi connectivity index (χ0v) is 10.8. The highest BCUT2D eigenvalue weighted by Crippen LogP contribution is 2.28. The first-order chi connectivity index (χ1) is 8.31. The maximum absolute atomic E-state index is 5.97. The summed E-state index contributed by atoms with van der Waals surface area (Å²) in [7, 11) is 2.18. The molecule has 0 saturated heterocycles. The molecule has 0 spiro atoms. The summed E-state index contributed by atoms with van der Waals surface area (Å²) in [5, 5.41) is 0. The average molecular weight is 236 g/mol. The molecule has 0 aliphatic heterocycles. The number of nitrogens with two attached hydrogens (primary N) is 1. The van der Waals surface area contributed by atoms with E-state index >= 15 is 0 Å². The Morgan fingerprint density at radius 3 is 2.76 bits per heavy atom. The highest BCUT2D eigenvalue weighted by atomic mass is 16.3. The van der Waals surface area contributed by atoms with E-state index in [0.717, 1.165) is 19.0 Å². The van der Waals surface area contributed by atoms with Crippen LogP contribution < -0.4 is 5.73 Å². The van der Waals surface area contributed by atoms with Crippen molar-refractivity contribution >= 4 is 0 Å². The highest BCUT2D eigenvalue weighted by Gasteiger charge is 2.25. The van der Waals surface area contributed by atoms with E-state index in [1.54, 1.807) is 6.26 Å². The van der Waals surface area contributed by atoms with Gasteiger partial charge in [-0.15, -0.1) is 0 Å². The molecular weight excluding hydrogens is 212 g/mol. The number of furan rings is 1. The molecule has 1 atom stereocenters. The van der Waals surface area contributed by atoms with Crippen LogP contribution in [0.25, 0.3) is 0 Å². The van der Waals surface area contributed by atoms with Gasteiger partial charge in [0.25, 0.3) is 0 Å². The molecule has 1 saturated carbocycles. The quantitative estimate of drug-likeness (QED) is 0.854. The zero-order chi connectivity index (χ0) is 12.1. The number of rotatable bonds is 5. The largest absolute Gasteiger partial charge is 0.472 e. The molecule has 1 aliphatic carbocycles. The number of nitrogens with zero attached hydrogens (tertiary/aromatic N) is 1. The third-order valence-electron chi connectivity index (χ3n) is 4.01. The highest BCUT2D eigenvalue weighted by molar-refractivity contribution is 5.05. The minimum Gasteiger partial charge on any atom is -0.472 e. The minimum absolute atomic E-state index is 0.519. The monoisotopic (exact) mass is 236 g/mol. The van der Waals surface area contributed by atoms with Gasteiger partial charge >= 0.3 is 0 Å². The van der Waals surface area contributed by atoms with E-state index in [-0.39, 0.29) is 0 Å². The van der Waals surface area contributed by atoms with Crippen LogP contribution in [-0.4, -0.2) is 24.5 Å². The summed E-state index contributed by atoms with van der Waals surface area (Å²) in [5.74, 6) is 0.783. The van der Waals surface area contributed by atoms with Crippen molar-refractivity contribution in [2.24, 2.45) is 11.7 Å². The van der Waals surface area contributed by atoms with Crippen molar-refractivity contribution in [3.8, 4) is 0 Å². The van der Waals surface area contributed by atoms with Crippen LogP contribution >= 0.6 is 0 Å². The van der Waals surface area contributed by atoms with Gasteiger partial charge in [-0.05, 0) is 31.9 Å². The number of hydrogen-bond donors (Lipinski definition) is 1. The van der Waals surface area contributed by atoms with E-state index in [9.17, 15) is 0 Å². The molecule has 1 aliphatic rings. The molecule has 0 bridgehead atoms. The Bertz CT molecular complexity index is 304. The third kappa shape index (κ3) is 3.33. The summed E-state index contributed by atoms with van der Waals surface area (Å²) >= 11 is 0. The topological polar surface area (TPSA) is 42.4 Å². The van der Waals surface area contributed by atoms with Gasteiger partial charge < -0.3 is 10.2 Å². The van der Waals surface area contributed by atoms with Crippen LogP contribution in [0.5, 0.6) is 0 Å². The van der Waals surface area contributed by atoms with Crippen molar-refractivity contribution in [1.82, 2.24) is 4.90 Å². The molecule has 1 aromatic rings. The van der Waals surface area contributed by atoms with Crippen molar-refractivity contribution in [1.29, 1.82) is 0 Å². The molecule has 3 heteroatoms. The van der Waals surface area contributed by atoms with E-state index in [2.05, 4.69) is 11.9 Å². The summed E-state index contributed by atoms with van der Waals surface area (Å²) in [6.45, 7) is 1.70. The molecule has 0 amide bonds. The van der Waals surface area contributed by atoms with Gasteiger partial charge in [-0.3, -0.25) is 4.90 Å². The van der Waals surface area contributed by atoms with Crippen LogP contribution in [0.1, 0.15) is 37.7 Å². The summed E-state index contributed by atoms with van der Waals surface area (Å²) in [6.07, 6.45) is 10.4. The Morgan fingerprint density at radius 2 is 2.18 bits per heavy atom. The van der Waals surface area contributed by atoms with Gasteiger partial charge in [0, 0.05) is 24.7 Å². The lowest BCUT2D eigenvalue weighted by Crippen LogP contribution is -2.43. The van der Waals surface area contributed by atoms with Gasteiger partial charge in [0.2, 0.25) is 0 Å². The Hall–Kier alpha value is -0.800. The zero-order valence-electron chi connectivity index (χ0n) is 10.8. The molecule has 2 N–H and O–H groups in total. The second-order valence-electron chi connectivity index (χ2n) is 5.25. The molecule has 1 heterocycles. The van der Waals surface area contributed by atoms with Gasteiger partial charge in [-0.25, -0.2) is 0 Å².